The third-order valence-electron chi connectivity index (χ3n) is 6.42. The van der Waals surface area contributed by atoms with Crippen molar-refractivity contribution in [1.82, 2.24) is 4.90 Å². The molecule has 2 heterocycles. The van der Waals surface area contributed by atoms with Crippen molar-refractivity contribution in [1.29, 1.82) is 0 Å². The average molecular weight is 550 g/mol. The van der Waals surface area contributed by atoms with Crippen molar-refractivity contribution >= 4 is 45.0 Å². The van der Waals surface area contributed by atoms with Gasteiger partial charge in [0.15, 0.2) is 0 Å². The summed E-state index contributed by atoms with van der Waals surface area (Å²) >= 11 is 3.46. The molecule has 3 aromatic carbocycles. The number of fused-ring (bicyclic) bond motifs is 1. The molecule has 0 N–H and O–H groups in total. The molecule has 0 aromatic heterocycles. The first-order chi connectivity index (χ1) is 17.2. The van der Waals surface area contributed by atoms with Crippen LogP contribution in [-0.2, 0) is 4.79 Å². The van der Waals surface area contributed by atoms with E-state index in [1.165, 1.54) is 23.1 Å². The Morgan fingerprint density at radius 3 is 2.33 bits per heavy atom. The molecule has 3 amide bonds. The number of hydrogen-bond acceptors (Lipinski definition) is 6. The molecule has 0 saturated carbocycles. The number of benzene rings is 3. The molecule has 36 heavy (non-hydrogen) atoms. The van der Waals surface area contributed by atoms with Gasteiger partial charge in [0.05, 0.1) is 23.1 Å². The van der Waals surface area contributed by atoms with Gasteiger partial charge in [-0.1, -0.05) is 34.1 Å². The van der Waals surface area contributed by atoms with Gasteiger partial charge in [-0.2, -0.15) is 0 Å². The molecule has 2 atom stereocenters. The van der Waals surface area contributed by atoms with Crippen molar-refractivity contribution in [2.24, 2.45) is 0 Å². The maximum atomic E-state index is 13.6. The number of β-lactam (4-membered cyclic amide) rings is 1. The summed E-state index contributed by atoms with van der Waals surface area (Å²) in [6, 6.07) is 14.6. The van der Waals surface area contributed by atoms with Gasteiger partial charge in [-0.05, 0) is 61.4 Å². The molecule has 0 aliphatic carbocycles. The van der Waals surface area contributed by atoms with Crippen LogP contribution < -0.4 is 9.64 Å². The lowest BCUT2D eigenvalue weighted by molar-refractivity contribution is -0.385. The number of carbonyl (C=O) groups excluding carboxylic acids is 3. The topological polar surface area (TPSA) is 110 Å². The van der Waals surface area contributed by atoms with Gasteiger partial charge in [0.1, 0.15) is 17.4 Å². The fourth-order valence-corrected chi connectivity index (χ4v) is 4.99. The number of nitro groups is 1. The SMILES string of the molecule is CCOc1ccc([C@@H]2[C@H](N3C(=O)c4cccc([N+](=O)[O-])c4C3=O)C(=O)N2c2ccc(Br)c(C)c2)cc1. The fraction of sp³-hybridized carbons (Fsp3) is 0.192. The zero-order chi connectivity index (χ0) is 25.7. The average Bonchev–Trinajstić information content (AvgIpc) is 3.10. The molecule has 2 aliphatic rings. The van der Waals surface area contributed by atoms with E-state index in [1.54, 1.807) is 30.3 Å². The van der Waals surface area contributed by atoms with E-state index in [4.69, 9.17) is 4.74 Å². The molecule has 5 rings (SSSR count). The van der Waals surface area contributed by atoms with Gasteiger partial charge in [-0.25, -0.2) is 0 Å². The molecule has 0 bridgehead atoms. The first kappa shape index (κ1) is 23.7. The second kappa shape index (κ2) is 8.87. The van der Waals surface area contributed by atoms with Crippen LogP contribution in [0.4, 0.5) is 11.4 Å². The maximum Gasteiger partial charge on any atom is 0.282 e. The minimum Gasteiger partial charge on any atom is -0.494 e. The van der Waals surface area contributed by atoms with Gasteiger partial charge in [0.2, 0.25) is 0 Å². The van der Waals surface area contributed by atoms with Crippen LogP contribution in [0, 0.1) is 17.0 Å². The summed E-state index contributed by atoms with van der Waals surface area (Å²) in [5, 5.41) is 11.5. The molecule has 1 fully saturated rings. The number of aryl methyl sites for hydroxylation is 1. The van der Waals surface area contributed by atoms with Crippen LogP contribution in [0.2, 0.25) is 0 Å². The summed E-state index contributed by atoms with van der Waals surface area (Å²) in [6.07, 6.45) is 0. The van der Waals surface area contributed by atoms with Gasteiger partial charge in [-0.3, -0.25) is 29.4 Å². The number of nitrogens with zero attached hydrogens (tertiary/aromatic N) is 3. The summed E-state index contributed by atoms with van der Waals surface area (Å²) < 4.78 is 6.40. The molecule has 3 aromatic rings. The Hall–Kier alpha value is -4.05. The number of nitro benzene ring substituents is 1. The number of anilines is 1. The first-order valence-electron chi connectivity index (χ1n) is 11.2. The van der Waals surface area contributed by atoms with Crippen LogP contribution in [0.5, 0.6) is 5.75 Å². The van der Waals surface area contributed by atoms with Crippen molar-refractivity contribution in [2.45, 2.75) is 25.9 Å². The van der Waals surface area contributed by atoms with Gasteiger partial charge >= 0.3 is 0 Å². The molecule has 10 heteroatoms. The molecule has 2 aliphatic heterocycles. The number of halogens is 1. The van der Waals surface area contributed by atoms with Crippen molar-refractivity contribution in [3.63, 3.8) is 0 Å². The standard InChI is InChI=1S/C26H20BrN3O6/c1-3-36-17-10-7-15(8-11-17)22-23(26(33)28(22)16-9-12-19(27)14(2)13-16)29-24(31)18-5-4-6-20(30(34)35)21(18)25(29)32/h4-13,22-23H,3H2,1-2H3/t22-,23+/m1/s1. The van der Waals surface area contributed by atoms with E-state index in [-0.39, 0.29) is 11.1 Å². The van der Waals surface area contributed by atoms with E-state index in [2.05, 4.69) is 15.9 Å². The highest BCUT2D eigenvalue weighted by molar-refractivity contribution is 9.10. The predicted octanol–water partition coefficient (Wildman–Crippen LogP) is 4.82. The zero-order valence-corrected chi connectivity index (χ0v) is 20.9. The summed E-state index contributed by atoms with van der Waals surface area (Å²) in [7, 11) is 0. The van der Waals surface area contributed by atoms with E-state index in [0.717, 1.165) is 14.9 Å². The second-order valence-corrected chi connectivity index (χ2v) is 9.32. The maximum absolute atomic E-state index is 13.6. The summed E-state index contributed by atoms with van der Waals surface area (Å²) in [5.41, 5.74) is 1.38. The highest BCUT2D eigenvalue weighted by atomic mass is 79.9. The lowest BCUT2D eigenvalue weighted by Gasteiger charge is -2.49. The zero-order valence-electron chi connectivity index (χ0n) is 19.3. The van der Waals surface area contributed by atoms with Crippen LogP contribution in [0.1, 0.15) is 44.8 Å². The largest absolute Gasteiger partial charge is 0.494 e. The number of hydrogen-bond donors (Lipinski definition) is 0. The molecule has 182 valence electrons. The van der Waals surface area contributed by atoms with E-state index in [0.29, 0.717) is 23.6 Å². The second-order valence-electron chi connectivity index (χ2n) is 8.47. The Kier molecular flexibility index (Phi) is 5.83. The molecule has 1 saturated heterocycles. The predicted molar refractivity (Wildman–Crippen MR) is 134 cm³/mol. The van der Waals surface area contributed by atoms with Crippen molar-refractivity contribution < 1.29 is 24.0 Å². The van der Waals surface area contributed by atoms with Crippen LogP contribution >= 0.6 is 15.9 Å². The summed E-state index contributed by atoms with van der Waals surface area (Å²) in [5.74, 6) is -1.37. The van der Waals surface area contributed by atoms with E-state index in [1.807, 2.05) is 26.0 Å². The molecule has 9 nitrogen and oxygen atoms in total. The van der Waals surface area contributed by atoms with Crippen molar-refractivity contribution in [3.05, 3.63) is 97.5 Å². The highest BCUT2D eigenvalue weighted by Crippen LogP contribution is 2.45. The smallest absolute Gasteiger partial charge is 0.282 e. The summed E-state index contributed by atoms with van der Waals surface area (Å²) in [6.45, 7) is 4.25. The van der Waals surface area contributed by atoms with Crippen LogP contribution in [0.3, 0.4) is 0 Å². The Morgan fingerprint density at radius 1 is 0.972 bits per heavy atom. The van der Waals surface area contributed by atoms with Gasteiger partial charge in [0, 0.05) is 16.2 Å². The van der Waals surface area contributed by atoms with Crippen LogP contribution in [0.15, 0.2) is 65.1 Å². The Morgan fingerprint density at radius 2 is 1.69 bits per heavy atom. The van der Waals surface area contributed by atoms with Crippen molar-refractivity contribution in [3.8, 4) is 5.75 Å². The van der Waals surface area contributed by atoms with Crippen LogP contribution in [-0.4, -0.2) is 40.2 Å². The monoisotopic (exact) mass is 549 g/mol. The third kappa shape index (κ3) is 3.56. The molecule has 0 spiro atoms. The highest BCUT2D eigenvalue weighted by Gasteiger charge is 2.58. The lowest BCUT2D eigenvalue weighted by Crippen LogP contribution is -2.67. The Labute approximate surface area is 214 Å². The Balaban J connectivity index is 1.59. The van der Waals surface area contributed by atoms with E-state index in [9.17, 15) is 24.5 Å². The number of amides is 3. The minimum atomic E-state index is -1.15. The number of imide groups is 1. The molecular formula is C26H20BrN3O6. The van der Waals surface area contributed by atoms with Crippen LogP contribution in [0.25, 0.3) is 0 Å². The fourth-order valence-electron chi connectivity index (χ4n) is 4.74. The minimum absolute atomic E-state index is 0.0784. The normalized spacial score (nSPS) is 18.8. The third-order valence-corrected chi connectivity index (χ3v) is 7.31. The summed E-state index contributed by atoms with van der Waals surface area (Å²) in [4.78, 5) is 53.5. The first-order valence-corrected chi connectivity index (χ1v) is 12.0. The molecule has 0 radical (unpaired) electrons. The van der Waals surface area contributed by atoms with Gasteiger partial charge in [0.25, 0.3) is 23.4 Å². The van der Waals surface area contributed by atoms with E-state index < -0.39 is 40.4 Å². The van der Waals surface area contributed by atoms with Gasteiger partial charge < -0.3 is 9.64 Å². The van der Waals surface area contributed by atoms with E-state index >= 15 is 0 Å². The molecular weight excluding hydrogens is 530 g/mol. The number of rotatable bonds is 6. The van der Waals surface area contributed by atoms with Gasteiger partial charge in [-0.15, -0.1) is 0 Å². The number of ether oxygens (including phenoxy) is 1. The lowest BCUT2D eigenvalue weighted by atomic mass is 9.86. The quantitative estimate of drug-likeness (QED) is 0.189. The molecule has 0 unspecified atom stereocenters. The number of carbonyl (C=O) groups is 3. The van der Waals surface area contributed by atoms with Crippen molar-refractivity contribution in [2.75, 3.05) is 11.5 Å². The Bertz CT molecular complexity index is 1440.